The first-order valence-corrected chi connectivity index (χ1v) is 4.53. The average Bonchev–Trinajstić information content (AvgIpc) is 2.30. The average molecular weight is 183 g/mol. The number of hydrogen-bond acceptors (Lipinski definition) is 2. The molecule has 74 valence electrons. The van der Waals surface area contributed by atoms with Crippen LogP contribution in [0.2, 0.25) is 0 Å². The molecular weight excluding hydrogens is 166 g/mol. The molecule has 1 amide bonds. The number of carbonyl (C=O) groups is 1. The van der Waals surface area contributed by atoms with Gasteiger partial charge in [0.25, 0.3) is 0 Å². The van der Waals surface area contributed by atoms with E-state index in [-0.39, 0.29) is 23.7 Å². The van der Waals surface area contributed by atoms with Gasteiger partial charge in [-0.2, -0.15) is 0 Å². The number of amides is 1. The minimum Gasteiger partial charge on any atom is -0.444 e. The molecule has 3 nitrogen and oxygen atoms in total. The summed E-state index contributed by atoms with van der Waals surface area (Å²) in [5.74, 6) is 0. The summed E-state index contributed by atoms with van der Waals surface area (Å²) >= 11 is 0. The summed E-state index contributed by atoms with van der Waals surface area (Å²) in [5, 5.41) is 2.82. The Bertz CT molecular complexity index is 217. The standard InChI is InChI=1S/C10H17NO2/c1-5-6-7-8(10(2,3)4)11-9(12)13-7/h5,7-8H,1,6H2,2-4H3,(H,11,12)/t7?,8-/m1/s1. The van der Waals surface area contributed by atoms with Crippen molar-refractivity contribution in [2.24, 2.45) is 5.41 Å². The van der Waals surface area contributed by atoms with Crippen LogP contribution in [-0.4, -0.2) is 18.2 Å². The van der Waals surface area contributed by atoms with Gasteiger partial charge >= 0.3 is 6.09 Å². The maximum Gasteiger partial charge on any atom is 0.407 e. The van der Waals surface area contributed by atoms with Crippen LogP contribution in [0.4, 0.5) is 4.79 Å². The lowest BCUT2D eigenvalue weighted by molar-refractivity contribution is 0.113. The molecule has 2 atom stereocenters. The lowest BCUT2D eigenvalue weighted by Gasteiger charge is -2.28. The number of cyclic esters (lactones) is 1. The van der Waals surface area contributed by atoms with Gasteiger partial charge in [-0.05, 0) is 5.41 Å². The maximum absolute atomic E-state index is 11.0. The maximum atomic E-state index is 11.0. The normalized spacial score (nSPS) is 28.1. The van der Waals surface area contributed by atoms with Crippen molar-refractivity contribution in [3.05, 3.63) is 12.7 Å². The fraction of sp³-hybridized carbons (Fsp3) is 0.700. The molecule has 0 bridgehead atoms. The Kier molecular flexibility index (Phi) is 2.64. The fourth-order valence-corrected chi connectivity index (χ4v) is 1.58. The van der Waals surface area contributed by atoms with Crippen LogP contribution < -0.4 is 5.32 Å². The van der Waals surface area contributed by atoms with E-state index >= 15 is 0 Å². The predicted molar refractivity (Wildman–Crippen MR) is 51.5 cm³/mol. The molecule has 1 heterocycles. The molecule has 0 radical (unpaired) electrons. The number of alkyl carbamates (subject to hydrolysis) is 1. The quantitative estimate of drug-likeness (QED) is 0.666. The van der Waals surface area contributed by atoms with E-state index in [1.807, 2.05) is 0 Å². The van der Waals surface area contributed by atoms with Crippen LogP contribution in [0.25, 0.3) is 0 Å². The third-order valence-electron chi connectivity index (χ3n) is 2.24. The highest BCUT2D eigenvalue weighted by Gasteiger charge is 2.40. The summed E-state index contributed by atoms with van der Waals surface area (Å²) in [5.41, 5.74) is 0.0276. The van der Waals surface area contributed by atoms with Gasteiger partial charge in [0.15, 0.2) is 0 Å². The second-order valence-corrected chi connectivity index (χ2v) is 4.46. The van der Waals surface area contributed by atoms with Crippen molar-refractivity contribution >= 4 is 6.09 Å². The highest BCUT2D eigenvalue weighted by molar-refractivity contribution is 5.70. The number of nitrogens with one attached hydrogen (secondary N) is 1. The van der Waals surface area contributed by atoms with Crippen molar-refractivity contribution in [1.29, 1.82) is 0 Å². The van der Waals surface area contributed by atoms with E-state index in [0.29, 0.717) is 6.42 Å². The second-order valence-electron chi connectivity index (χ2n) is 4.46. The largest absolute Gasteiger partial charge is 0.444 e. The van der Waals surface area contributed by atoms with E-state index in [9.17, 15) is 4.79 Å². The molecule has 1 unspecified atom stereocenters. The Morgan fingerprint density at radius 1 is 1.62 bits per heavy atom. The number of ether oxygens (including phenoxy) is 1. The van der Waals surface area contributed by atoms with Crippen molar-refractivity contribution in [2.45, 2.75) is 39.3 Å². The fourth-order valence-electron chi connectivity index (χ4n) is 1.58. The molecule has 1 aliphatic heterocycles. The lowest BCUT2D eigenvalue weighted by atomic mass is 9.83. The summed E-state index contributed by atoms with van der Waals surface area (Å²) < 4.78 is 5.12. The van der Waals surface area contributed by atoms with E-state index in [0.717, 1.165) is 0 Å². The molecule has 0 saturated carbocycles. The first kappa shape index (κ1) is 10.1. The number of carbonyl (C=O) groups excluding carboxylic acids is 1. The van der Waals surface area contributed by atoms with Crippen molar-refractivity contribution in [1.82, 2.24) is 5.32 Å². The molecule has 1 N–H and O–H groups in total. The lowest BCUT2D eigenvalue weighted by Crippen LogP contribution is -2.42. The van der Waals surface area contributed by atoms with Crippen LogP contribution in [0.3, 0.4) is 0 Å². The second kappa shape index (κ2) is 3.40. The molecule has 13 heavy (non-hydrogen) atoms. The van der Waals surface area contributed by atoms with Gasteiger partial charge in [0.1, 0.15) is 6.10 Å². The highest BCUT2D eigenvalue weighted by atomic mass is 16.6. The van der Waals surface area contributed by atoms with E-state index < -0.39 is 0 Å². The van der Waals surface area contributed by atoms with Gasteiger partial charge < -0.3 is 10.1 Å². The molecule has 0 aliphatic carbocycles. The smallest absolute Gasteiger partial charge is 0.407 e. The van der Waals surface area contributed by atoms with E-state index in [1.165, 1.54) is 0 Å². The minimum atomic E-state index is -0.313. The Balaban J connectivity index is 2.71. The Hall–Kier alpha value is -0.990. The molecule has 1 saturated heterocycles. The molecule has 1 aliphatic rings. The van der Waals surface area contributed by atoms with Crippen LogP contribution in [0, 0.1) is 5.41 Å². The summed E-state index contributed by atoms with van der Waals surface area (Å²) in [6.45, 7) is 9.90. The van der Waals surface area contributed by atoms with Gasteiger partial charge in [-0.25, -0.2) is 4.79 Å². The summed E-state index contributed by atoms with van der Waals surface area (Å²) in [7, 11) is 0. The first-order valence-electron chi connectivity index (χ1n) is 4.53. The SMILES string of the molecule is C=CCC1OC(=O)N[C@H]1C(C)(C)C. The van der Waals surface area contributed by atoms with Gasteiger partial charge in [0, 0.05) is 6.42 Å². The molecule has 0 aromatic rings. The van der Waals surface area contributed by atoms with Crippen molar-refractivity contribution in [3.63, 3.8) is 0 Å². The van der Waals surface area contributed by atoms with Gasteiger partial charge in [0.05, 0.1) is 6.04 Å². The number of hydrogen-bond donors (Lipinski definition) is 1. The van der Waals surface area contributed by atoms with Crippen molar-refractivity contribution < 1.29 is 9.53 Å². The summed E-state index contributed by atoms with van der Waals surface area (Å²) in [4.78, 5) is 11.0. The van der Waals surface area contributed by atoms with Gasteiger partial charge in [-0.3, -0.25) is 0 Å². The molecule has 0 aromatic heterocycles. The number of rotatable bonds is 2. The molecule has 3 heteroatoms. The summed E-state index contributed by atoms with van der Waals surface area (Å²) in [6.07, 6.45) is 2.11. The van der Waals surface area contributed by atoms with Crippen LogP contribution in [0.5, 0.6) is 0 Å². The van der Waals surface area contributed by atoms with E-state index in [2.05, 4.69) is 32.7 Å². The van der Waals surface area contributed by atoms with Crippen molar-refractivity contribution in [3.8, 4) is 0 Å². The van der Waals surface area contributed by atoms with Crippen LogP contribution in [-0.2, 0) is 4.74 Å². The van der Waals surface area contributed by atoms with Crippen molar-refractivity contribution in [2.75, 3.05) is 0 Å². The van der Waals surface area contributed by atoms with Crippen LogP contribution in [0.15, 0.2) is 12.7 Å². The zero-order valence-electron chi connectivity index (χ0n) is 8.46. The minimum absolute atomic E-state index is 0.0276. The summed E-state index contributed by atoms with van der Waals surface area (Å²) in [6, 6.07) is 0.0815. The topological polar surface area (TPSA) is 38.3 Å². The van der Waals surface area contributed by atoms with E-state index in [1.54, 1.807) is 6.08 Å². The van der Waals surface area contributed by atoms with Gasteiger partial charge in [-0.1, -0.05) is 26.8 Å². The Morgan fingerprint density at radius 3 is 2.69 bits per heavy atom. The first-order chi connectivity index (χ1) is 5.95. The third-order valence-corrected chi connectivity index (χ3v) is 2.24. The Labute approximate surface area is 79.2 Å². The molecule has 0 aromatic carbocycles. The van der Waals surface area contributed by atoms with E-state index in [4.69, 9.17) is 4.74 Å². The molecular formula is C10H17NO2. The molecule has 1 fully saturated rings. The Morgan fingerprint density at radius 2 is 2.23 bits per heavy atom. The molecule has 1 rings (SSSR count). The van der Waals surface area contributed by atoms with Crippen LogP contribution >= 0.6 is 0 Å². The van der Waals surface area contributed by atoms with Crippen LogP contribution in [0.1, 0.15) is 27.2 Å². The molecule has 0 spiro atoms. The third kappa shape index (κ3) is 2.23. The van der Waals surface area contributed by atoms with Gasteiger partial charge in [-0.15, -0.1) is 6.58 Å². The zero-order chi connectivity index (χ0) is 10.1. The predicted octanol–water partition coefficient (Wildman–Crippen LogP) is 2.09. The highest BCUT2D eigenvalue weighted by Crippen LogP contribution is 2.28. The zero-order valence-corrected chi connectivity index (χ0v) is 8.46. The monoisotopic (exact) mass is 183 g/mol. The van der Waals surface area contributed by atoms with Gasteiger partial charge in [0.2, 0.25) is 0 Å².